The molecule has 1 amide bonds. The first-order valence-corrected chi connectivity index (χ1v) is 13.1. The number of hydrogen-bond acceptors (Lipinski definition) is 4. The maximum Gasteiger partial charge on any atom is 0.244 e. The largest absolute Gasteiger partial charge is 0.340 e. The van der Waals surface area contributed by atoms with Gasteiger partial charge in [0.2, 0.25) is 15.9 Å². The minimum Gasteiger partial charge on any atom is -0.340 e. The SMILES string of the molecule is CC(C)(C)CCN1CCN(C(=O)C2CCN(S(=O)(=O)c3cc(Cl)ccc3Cl)CC2)CC1. The topological polar surface area (TPSA) is 60.9 Å². The Morgan fingerprint density at radius 2 is 1.65 bits per heavy atom. The van der Waals surface area contributed by atoms with E-state index < -0.39 is 10.0 Å². The van der Waals surface area contributed by atoms with Gasteiger partial charge in [-0.05, 0) is 49.4 Å². The molecule has 0 aliphatic carbocycles. The molecule has 2 aliphatic heterocycles. The van der Waals surface area contributed by atoms with Crippen LogP contribution in [0, 0.1) is 11.3 Å². The molecule has 1 aromatic carbocycles. The van der Waals surface area contributed by atoms with Crippen molar-refractivity contribution in [1.82, 2.24) is 14.1 Å². The number of halogens is 2. The van der Waals surface area contributed by atoms with Crippen molar-refractivity contribution in [2.75, 3.05) is 45.8 Å². The normalized spacial score (nSPS) is 20.2. The predicted molar refractivity (Wildman–Crippen MR) is 125 cm³/mol. The Hall–Kier alpha value is -0.860. The fourth-order valence-electron chi connectivity index (χ4n) is 4.10. The Morgan fingerprint density at radius 3 is 2.23 bits per heavy atom. The number of amides is 1. The molecule has 0 atom stereocenters. The van der Waals surface area contributed by atoms with Gasteiger partial charge in [0.15, 0.2) is 0 Å². The second-order valence-electron chi connectivity index (χ2n) is 9.73. The van der Waals surface area contributed by atoms with Crippen LogP contribution in [0.3, 0.4) is 0 Å². The van der Waals surface area contributed by atoms with Crippen molar-refractivity contribution < 1.29 is 13.2 Å². The average molecular weight is 490 g/mol. The lowest BCUT2D eigenvalue weighted by Gasteiger charge is -2.39. The number of piperidine rings is 1. The van der Waals surface area contributed by atoms with Crippen molar-refractivity contribution in [2.45, 2.75) is 44.9 Å². The Morgan fingerprint density at radius 1 is 1.03 bits per heavy atom. The van der Waals surface area contributed by atoms with E-state index in [2.05, 4.69) is 25.7 Å². The van der Waals surface area contributed by atoms with E-state index in [0.29, 0.717) is 36.4 Å². The highest BCUT2D eigenvalue weighted by Crippen LogP contribution is 2.31. The molecule has 174 valence electrons. The van der Waals surface area contributed by atoms with Crippen LogP contribution in [0.15, 0.2) is 23.1 Å². The minimum absolute atomic E-state index is 0.0258. The second kappa shape index (κ2) is 9.96. The quantitative estimate of drug-likeness (QED) is 0.627. The highest BCUT2D eigenvalue weighted by molar-refractivity contribution is 7.89. The van der Waals surface area contributed by atoms with Crippen molar-refractivity contribution in [1.29, 1.82) is 0 Å². The highest BCUT2D eigenvalue weighted by Gasteiger charge is 2.35. The number of benzene rings is 1. The van der Waals surface area contributed by atoms with Crippen LogP contribution < -0.4 is 0 Å². The van der Waals surface area contributed by atoms with Crippen molar-refractivity contribution in [3.63, 3.8) is 0 Å². The van der Waals surface area contributed by atoms with E-state index in [1.54, 1.807) is 6.07 Å². The third-order valence-electron chi connectivity index (χ3n) is 6.18. The maximum atomic E-state index is 13.0. The summed E-state index contributed by atoms with van der Waals surface area (Å²) in [7, 11) is -3.73. The zero-order valence-corrected chi connectivity index (χ0v) is 20.9. The van der Waals surface area contributed by atoms with Crippen LogP contribution >= 0.6 is 23.2 Å². The van der Waals surface area contributed by atoms with Gasteiger partial charge in [0, 0.05) is 50.2 Å². The summed E-state index contributed by atoms with van der Waals surface area (Å²) in [6.45, 7) is 11.7. The highest BCUT2D eigenvalue weighted by atomic mass is 35.5. The lowest BCUT2D eigenvalue weighted by atomic mass is 9.92. The molecule has 0 N–H and O–H groups in total. The Balaban J connectivity index is 1.52. The number of sulfonamides is 1. The van der Waals surface area contributed by atoms with Crippen LogP contribution in [0.2, 0.25) is 10.0 Å². The summed E-state index contributed by atoms with van der Waals surface area (Å²) in [4.78, 5) is 17.4. The molecule has 2 fully saturated rings. The van der Waals surface area contributed by atoms with E-state index in [9.17, 15) is 13.2 Å². The summed E-state index contributed by atoms with van der Waals surface area (Å²) < 4.78 is 27.4. The molecule has 2 heterocycles. The third kappa shape index (κ3) is 6.35. The molecule has 0 spiro atoms. The van der Waals surface area contributed by atoms with Crippen LogP contribution in [-0.4, -0.2) is 74.2 Å². The average Bonchev–Trinajstić information content (AvgIpc) is 2.73. The van der Waals surface area contributed by atoms with Crippen molar-refractivity contribution in [2.24, 2.45) is 11.3 Å². The molecule has 0 saturated carbocycles. The van der Waals surface area contributed by atoms with Gasteiger partial charge in [-0.15, -0.1) is 0 Å². The van der Waals surface area contributed by atoms with E-state index in [-0.39, 0.29) is 21.7 Å². The van der Waals surface area contributed by atoms with Crippen molar-refractivity contribution in [3.05, 3.63) is 28.2 Å². The summed E-state index contributed by atoms with van der Waals surface area (Å²) in [6, 6.07) is 4.44. The van der Waals surface area contributed by atoms with Crippen LogP contribution in [0.5, 0.6) is 0 Å². The summed E-state index contributed by atoms with van der Waals surface area (Å²) in [6.07, 6.45) is 2.20. The fourth-order valence-corrected chi connectivity index (χ4v) is 6.31. The molecule has 3 rings (SSSR count). The standard InChI is InChI=1S/C22H33Cl2N3O3S/c1-22(2,3)8-11-25-12-14-26(15-13-25)21(28)17-6-9-27(10-7-17)31(29,30)20-16-18(23)4-5-19(20)24/h4-5,16-17H,6-15H2,1-3H3. The molecule has 0 bridgehead atoms. The van der Waals surface area contributed by atoms with Crippen LogP contribution in [-0.2, 0) is 14.8 Å². The summed E-state index contributed by atoms with van der Waals surface area (Å²) in [5.41, 5.74) is 0.316. The number of piperazine rings is 1. The molecule has 2 saturated heterocycles. The van der Waals surface area contributed by atoms with Crippen LogP contribution in [0.4, 0.5) is 0 Å². The Bertz CT molecular complexity index is 886. The van der Waals surface area contributed by atoms with Gasteiger partial charge in [0.25, 0.3) is 0 Å². The Kier molecular flexibility index (Phi) is 7.96. The van der Waals surface area contributed by atoms with Crippen molar-refractivity contribution in [3.8, 4) is 0 Å². The lowest BCUT2D eigenvalue weighted by Crippen LogP contribution is -2.52. The molecule has 0 radical (unpaired) electrons. The molecule has 0 aromatic heterocycles. The number of hydrogen-bond donors (Lipinski definition) is 0. The van der Waals surface area contributed by atoms with Gasteiger partial charge < -0.3 is 4.90 Å². The first-order chi connectivity index (χ1) is 14.5. The van der Waals surface area contributed by atoms with Gasteiger partial charge in [0.05, 0.1) is 5.02 Å². The molecule has 1 aromatic rings. The van der Waals surface area contributed by atoms with Crippen LogP contribution in [0.25, 0.3) is 0 Å². The van der Waals surface area contributed by atoms with E-state index >= 15 is 0 Å². The smallest absolute Gasteiger partial charge is 0.244 e. The fraction of sp³-hybridized carbons (Fsp3) is 0.682. The van der Waals surface area contributed by atoms with Gasteiger partial charge in [-0.3, -0.25) is 9.69 Å². The molecule has 31 heavy (non-hydrogen) atoms. The summed E-state index contributed by atoms with van der Waals surface area (Å²) in [5.74, 6) is 0.0377. The number of carbonyl (C=O) groups excluding carboxylic acids is 1. The number of nitrogens with zero attached hydrogens (tertiary/aromatic N) is 3. The van der Waals surface area contributed by atoms with E-state index in [0.717, 1.165) is 39.1 Å². The van der Waals surface area contributed by atoms with E-state index in [1.807, 2.05) is 4.90 Å². The van der Waals surface area contributed by atoms with Gasteiger partial charge in [-0.25, -0.2) is 8.42 Å². The maximum absolute atomic E-state index is 13.0. The molecular weight excluding hydrogens is 457 g/mol. The molecule has 2 aliphatic rings. The second-order valence-corrected chi connectivity index (χ2v) is 12.5. The number of carbonyl (C=O) groups is 1. The first kappa shape index (κ1) is 24.8. The first-order valence-electron chi connectivity index (χ1n) is 10.9. The van der Waals surface area contributed by atoms with Gasteiger partial charge in [-0.1, -0.05) is 44.0 Å². The number of rotatable bonds is 5. The molecule has 9 heteroatoms. The Labute approximate surface area is 196 Å². The van der Waals surface area contributed by atoms with E-state index in [1.165, 1.54) is 16.4 Å². The monoisotopic (exact) mass is 489 g/mol. The summed E-state index contributed by atoms with van der Waals surface area (Å²) in [5, 5.41) is 0.488. The van der Waals surface area contributed by atoms with Gasteiger partial charge >= 0.3 is 0 Å². The van der Waals surface area contributed by atoms with Gasteiger partial charge in [-0.2, -0.15) is 4.31 Å². The zero-order chi connectivity index (χ0) is 22.8. The minimum atomic E-state index is -3.73. The van der Waals surface area contributed by atoms with Crippen LogP contribution in [0.1, 0.15) is 40.0 Å². The van der Waals surface area contributed by atoms with E-state index in [4.69, 9.17) is 23.2 Å². The third-order valence-corrected chi connectivity index (χ3v) is 8.79. The lowest BCUT2D eigenvalue weighted by molar-refractivity contribution is -0.138. The van der Waals surface area contributed by atoms with Crippen molar-refractivity contribution >= 4 is 39.1 Å². The molecule has 6 nitrogen and oxygen atoms in total. The molecular formula is C22H33Cl2N3O3S. The summed E-state index contributed by atoms with van der Waals surface area (Å²) >= 11 is 12.1. The molecule has 0 unspecified atom stereocenters. The predicted octanol–water partition coefficient (Wildman–Crippen LogP) is 3.97. The van der Waals surface area contributed by atoms with Gasteiger partial charge in [0.1, 0.15) is 4.90 Å². The zero-order valence-electron chi connectivity index (χ0n) is 18.6.